The summed E-state index contributed by atoms with van der Waals surface area (Å²) in [7, 11) is 1.72. The van der Waals surface area contributed by atoms with Crippen molar-refractivity contribution >= 4 is 43.5 Å². The van der Waals surface area contributed by atoms with Crippen molar-refractivity contribution in [3.05, 3.63) is 72.3 Å². The van der Waals surface area contributed by atoms with E-state index in [2.05, 4.69) is 66.7 Å². The molecule has 0 aliphatic rings. The molecule has 0 fully saturated rings. The molecule has 0 aliphatic carbocycles. The number of hydrogen-bond acceptors (Lipinski definition) is 2. The van der Waals surface area contributed by atoms with Crippen LogP contribution in [0.15, 0.2) is 71.1 Å². The Morgan fingerprint density at radius 2 is 1.50 bits per heavy atom. The van der Waals surface area contributed by atoms with Gasteiger partial charge in [-0.05, 0) is 28.3 Å². The van der Waals surface area contributed by atoms with Crippen LogP contribution in [0, 0.1) is 0 Å². The van der Waals surface area contributed by atoms with E-state index in [0.717, 1.165) is 27.5 Å². The monoisotopic (exact) mass is 312 g/mol. The lowest BCUT2D eigenvalue weighted by molar-refractivity contribution is 0.185. The fraction of sp³-hybridized carbons (Fsp3) is 0.0909. The number of rotatable bonds is 2. The highest BCUT2D eigenvalue weighted by Crippen LogP contribution is 2.39. The Morgan fingerprint density at radius 3 is 2.33 bits per heavy atom. The van der Waals surface area contributed by atoms with Crippen molar-refractivity contribution in [2.24, 2.45) is 0 Å². The Morgan fingerprint density at radius 1 is 0.750 bits per heavy atom. The minimum atomic E-state index is 0.541. The summed E-state index contributed by atoms with van der Waals surface area (Å²) in [5.74, 6) is 0. The minimum Gasteiger partial charge on any atom is -0.455 e. The third-order valence-corrected chi connectivity index (χ3v) is 4.73. The molecule has 5 rings (SSSR count). The van der Waals surface area contributed by atoms with Gasteiger partial charge in [-0.3, -0.25) is 0 Å². The average molecular weight is 312 g/mol. The lowest BCUT2D eigenvalue weighted by atomic mass is 9.99. The maximum atomic E-state index is 6.38. The van der Waals surface area contributed by atoms with E-state index in [-0.39, 0.29) is 0 Å². The molecular formula is C22H16O2. The molecule has 0 aliphatic heterocycles. The van der Waals surface area contributed by atoms with Crippen LogP contribution in [0.5, 0.6) is 0 Å². The number of methoxy groups -OCH3 is 1. The molecule has 0 N–H and O–H groups in total. The molecule has 0 unspecified atom stereocenters. The summed E-state index contributed by atoms with van der Waals surface area (Å²) in [4.78, 5) is 0. The van der Waals surface area contributed by atoms with Gasteiger partial charge in [-0.1, -0.05) is 54.6 Å². The van der Waals surface area contributed by atoms with Gasteiger partial charge < -0.3 is 9.15 Å². The largest absolute Gasteiger partial charge is 0.455 e. The summed E-state index contributed by atoms with van der Waals surface area (Å²) in [6.07, 6.45) is 0. The third kappa shape index (κ3) is 1.81. The van der Waals surface area contributed by atoms with Crippen LogP contribution in [0.2, 0.25) is 0 Å². The van der Waals surface area contributed by atoms with Crippen molar-refractivity contribution in [3.63, 3.8) is 0 Å². The van der Waals surface area contributed by atoms with Gasteiger partial charge in [-0.15, -0.1) is 0 Å². The Balaban J connectivity index is 2.06. The highest BCUT2D eigenvalue weighted by atomic mass is 16.5. The molecule has 1 aromatic heterocycles. The predicted molar refractivity (Wildman–Crippen MR) is 99.4 cm³/mol. The first-order chi connectivity index (χ1) is 11.9. The van der Waals surface area contributed by atoms with E-state index in [1.165, 1.54) is 21.5 Å². The summed E-state index contributed by atoms with van der Waals surface area (Å²) < 4.78 is 11.8. The van der Waals surface area contributed by atoms with Crippen LogP contribution in [0.1, 0.15) is 5.56 Å². The van der Waals surface area contributed by atoms with E-state index in [1.54, 1.807) is 7.11 Å². The normalized spacial score (nSPS) is 11.9. The van der Waals surface area contributed by atoms with E-state index in [9.17, 15) is 0 Å². The van der Waals surface area contributed by atoms with Crippen molar-refractivity contribution in [1.29, 1.82) is 0 Å². The smallest absolute Gasteiger partial charge is 0.143 e. The van der Waals surface area contributed by atoms with Gasteiger partial charge in [0.05, 0.1) is 6.61 Å². The number of fused-ring (bicyclic) bond motifs is 7. The van der Waals surface area contributed by atoms with Crippen molar-refractivity contribution < 1.29 is 9.15 Å². The van der Waals surface area contributed by atoms with Crippen LogP contribution in [0.4, 0.5) is 0 Å². The molecule has 4 aromatic carbocycles. The van der Waals surface area contributed by atoms with Gasteiger partial charge in [0.1, 0.15) is 11.2 Å². The first-order valence-electron chi connectivity index (χ1n) is 8.10. The maximum absolute atomic E-state index is 6.38. The summed E-state index contributed by atoms with van der Waals surface area (Å²) >= 11 is 0. The first kappa shape index (κ1) is 13.6. The molecule has 5 aromatic rings. The summed E-state index contributed by atoms with van der Waals surface area (Å²) in [5, 5.41) is 7.13. The van der Waals surface area contributed by atoms with Crippen LogP contribution in [0.25, 0.3) is 43.5 Å². The zero-order chi connectivity index (χ0) is 16.1. The molecule has 24 heavy (non-hydrogen) atoms. The van der Waals surface area contributed by atoms with Crippen LogP contribution >= 0.6 is 0 Å². The second-order valence-corrected chi connectivity index (χ2v) is 6.16. The summed E-state index contributed by atoms with van der Waals surface area (Å²) in [6, 6.07) is 23.3. The molecule has 116 valence electrons. The minimum absolute atomic E-state index is 0.541. The Bertz CT molecular complexity index is 1210. The first-order valence-corrected chi connectivity index (χ1v) is 8.10. The van der Waals surface area contributed by atoms with E-state index in [0.29, 0.717) is 6.61 Å². The van der Waals surface area contributed by atoms with Gasteiger partial charge in [-0.25, -0.2) is 0 Å². The molecule has 0 saturated carbocycles. The fourth-order valence-corrected chi connectivity index (χ4v) is 3.69. The van der Waals surface area contributed by atoms with Gasteiger partial charge in [-0.2, -0.15) is 0 Å². The van der Waals surface area contributed by atoms with E-state index < -0.39 is 0 Å². The zero-order valence-corrected chi connectivity index (χ0v) is 13.4. The lowest BCUT2D eigenvalue weighted by Gasteiger charge is -2.05. The summed E-state index contributed by atoms with van der Waals surface area (Å²) in [6.45, 7) is 0.541. The fourth-order valence-electron chi connectivity index (χ4n) is 3.69. The van der Waals surface area contributed by atoms with Crippen molar-refractivity contribution in [3.8, 4) is 0 Å². The highest BCUT2D eigenvalue weighted by Gasteiger charge is 2.16. The van der Waals surface area contributed by atoms with Crippen LogP contribution in [-0.2, 0) is 11.3 Å². The van der Waals surface area contributed by atoms with Crippen LogP contribution < -0.4 is 0 Å². The van der Waals surface area contributed by atoms with Crippen LogP contribution in [0.3, 0.4) is 0 Å². The number of benzene rings is 4. The molecule has 0 atom stereocenters. The van der Waals surface area contributed by atoms with Gasteiger partial charge in [0.2, 0.25) is 0 Å². The SMILES string of the molecule is COCc1cc2ccccc2c2c1oc1c3ccccc3ccc12. The van der Waals surface area contributed by atoms with Gasteiger partial charge >= 0.3 is 0 Å². The lowest BCUT2D eigenvalue weighted by Crippen LogP contribution is -1.89. The molecule has 0 amide bonds. The van der Waals surface area contributed by atoms with Crippen molar-refractivity contribution in [2.45, 2.75) is 6.61 Å². The standard InChI is InChI=1S/C22H16O2/c1-23-13-16-12-15-7-3-4-8-17(15)20-19-11-10-14-6-2-5-9-18(14)22(19)24-21(16)20/h2-12H,13H2,1H3. The molecule has 2 heteroatoms. The van der Waals surface area contributed by atoms with Crippen LogP contribution in [-0.4, -0.2) is 7.11 Å². The molecular weight excluding hydrogens is 296 g/mol. The van der Waals surface area contributed by atoms with E-state index in [4.69, 9.17) is 9.15 Å². The zero-order valence-electron chi connectivity index (χ0n) is 13.4. The highest BCUT2D eigenvalue weighted by molar-refractivity contribution is 6.23. The Kier molecular flexibility index (Phi) is 2.88. The second kappa shape index (κ2) is 5.08. The summed E-state index contributed by atoms with van der Waals surface area (Å²) in [5.41, 5.74) is 2.98. The maximum Gasteiger partial charge on any atom is 0.143 e. The van der Waals surface area contributed by atoms with Crippen molar-refractivity contribution in [1.82, 2.24) is 0 Å². The Hall–Kier alpha value is -2.84. The van der Waals surface area contributed by atoms with Gasteiger partial charge in [0.25, 0.3) is 0 Å². The number of furan rings is 1. The third-order valence-electron chi connectivity index (χ3n) is 4.73. The number of hydrogen-bond donors (Lipinski definition) is 0. The Labute approximate surface area is 139 Å². The predicted octanol–water partition coefficient (Wildman–Crippen LogP) is 6.04. The molecule has 0 spiro atoms. The molecule has 0 bridgehead atoms. The topological polar surface area (TPSA) is 22.4 Å². The van der Waals surface area contributed by atoms with Crippen molar-refractivity contribution in [2.75, 3.05) is 7.11 Å². The molecule has 0 saturated heterocycles. The van der Waals surface area contributed by atoms with Gasteiger partial charge in [0.15, 0.2) is 0 Å². The average Bonchev–Trinajstić information content (AvgIpc) is 3.03. The van der Waals surface area contributed by atoms with E-state index in [1.807, 2.05) is 0 Å². The molecule has 1 heterocycles. The van der Waals surface area contributed by atoms with E-state index >= 15 is 0 Å². The molecule has 2 nitrogen and oxygen atoms in total. The molecule has 0 radical (unpaired) electrons. The second-order valence-electron chi connectivity index (χ2n) is 6.16. The quantitative estimate of drug-likeness (QED) is 0.396. The number of ether oxygens (including phenoxy) is 1. The van der Waals surface area contributed by atoms with Gasteiger partial charge in [0, 0.05) is 28.8 Å².